The van der Waals surface area contributed by atoms with Crippen LogP contribution in [0.25, 0.3) is 0 Å². The van der Waals surface area contributed by atoms with Crippen molar-refractivity contribution in [1.29, 1.82) is 0 Å². The molecule has 106 valence electrons. The first-order chi connectivity index (χ1) is 9.24. The van der Waals surface area contributed by atoms with Gasteiger partial charge in [-0.1, -0.05) is 6.07 Å². The number of pyridine rings is 1. The molecule has 1 aliphatic heterocycles. The molecule has 1 aromatic rings. The Hall–Kier alpha value is -1.13. The second-order valence-corrected chi connectivity index (χ2v) is 5.43. The summed E-state index contributed by atoms with van der Waals surface area (Å²) in [6.07, 6.45) is 5.35. The van der Waals surface area contributed by atoms with Gasteiger partial charge in [0.25, 0.3) is 0 Å². The maximum atomic E-state index is 5.59. The zero-order valence-corrected chi connectivity index (χ0v) is 12.1. The minimum Gasteiger partial charge on any atom is -0.384 e. The molecule has 2 rings (SSSR count). The van der Waals surface area contributed by atoms with Crippen molar-refractivity contribution < 1.29 is 4.74 Å². The average Bonchev–Trinajstić information content (AvgIpc) is 2.40. The number of aryl methyl sites for hydroxylation is 1. The first-order valence-corrected chi connectivity index (χ1v) is 7.14. The van der Waals surface area contributed by atoms with Gasteiger partial charge in [0.15, 0.2) is 0 Å². The summed E-state index contributed by atoms with van der Waals surface area (Å²) in [5.74, 6) is 1.75. The van der Waals surface area contributed by atoms with Crippen LogP contribution in [0.3, 0.4) is 0 Å². The van der Waals surface area contributed by atoms with Gasteiger partial charge in [-0.15, -0.1) is 0 Å². The normalized spacial score (nSPS) is 19.7. The van der Waals surface area contributed by atoms with Crippen LogP contribution in [0.15, 0.2) is 12.3 Å². The van der Waals surface area contributed by atoms with E-state index in [0.717, 1.165) is 31.9 Å². The SMILES string of the molecule is COCC1CCCN(c2ncc(CCN)cc2C)C1. The molecule has 4 nitrogen and oxygen atoms in total. The maximum Gasteiger partial charge on any atom is 0.131 e. The minimum atomic E-state index is 0.628. The van der Waals surface area contributed by atoms with E-state index in [2.05, 4.69) is 22.9 Å². The fourth-order valence-electron chi connectivity index (χ4n) is 2.89. The van der Waals surface area contributed by atoms with Gasteiger partial charge in [0, 0.05) is 26.4 Å². The topological polar surface area (TPSA) is 51.4 Å². The highest BCUT2D eigenvalue weighted by atomic mass is 16.5. The van der Waals surface area contributed by atoms with Gasteiger partial charge < -0.3 is 15.4 Å². The van der Waals surface area contributed by atoms with Crippen molar-refractivity contribution in [1.82, 2.24) is 4.98 Å². The molecule has 0 bridgehead atoms. The lowest BCUT2D eigenvalue weighted by Gasteiger charge is -2.34. The van der Waals surface area contributed by atoms with Gasteiger partial charge in [0.2, 0.25) is 0 Å². The number of rotatable bonds is 5. The van der Waals surface area contributed by atoms with Crippen molar-refractivity contribution in [2.75, 3.05) is 38.3 Å². The third-order valence-corrected chi connectivity index (χ3v) is 3.76. The molecule has 0 spiro atoms. The monoisotopic (exact) mass is 263 g/mol. The smallest absolute Gasteiger partial charge is 0.131 e. The summed E-state index contributed by atoms with van der Waals surface area (Å²) in [7, 11) is 1.78. The largest absolute Gasteiger partial charge is 0.384 e. The number of piperidine rings is 1. The van der Waals surface area contributed by atoms with Crippen molar-refractivity contribution >= 4 is 5.82 Å². The summed E-state index contributed by atoms with van der Waals surface area (Å²) in [4.78, 5) is 7.04. The Morgan fingerprint density at radius 2 is 2.37 bits per heavy atom. The average molecular weight is 263 g/mol. The first kappa shape index (κ1) is 14.3. The molecule has 1 atom stereocenters. The van der Waals surface area contributed by atoms with Crippen LogP contribution in [0.2, 0.25) is 0 Å². The van der Waals surface area contributed by atoms with Crippen molar-refractivity contribution in [3.8, 4) is 0 Å². The molecule has 1 saturated heterocycles. The first-order valence-electron chi connectivity index (χ1n) is 7.14. The van der Waals surface area contributed by atoms with Gasteiger partial charge in [-0.2, -0.15) is 0 Å². The molecular weight excluding hydrogens is 238 g/mol. The number of nitrogens with zero attached hydrogens (tertiary/aromatic N) is 2. The fraction of sp³-hybridized carbons (Fsp3) is 0.667. The number of aromatic nitrogens is 1. The van der Waals surface area contributed by atoms with Crippen LogP contribution in [0, 0.1) is 12.8 Å². The molecule has 1 fully saturated rings. The van der Waals surface area contributed by atoms with Crippen molar-refractivity contribution in [2.24, 2.45) is 11.7 Å². The van der Waals surface area contributed by atoms with Gasteiger partial charge in [0.1, 0.15) is 5.82 Å². The summed E-state index contributed by atoms with van der Waals surface area (Å²) in [6, 6.07) is 2.22. The molecule has 1 aromatic heterocycles. The number of hydrogen-bond donors (Lipinski definition) is 1. The predicted molar refractivity (Wildman–Crippen MR) is 78.5 cm³/mol. The second-order valence-electron chi connectivity index (χ2n) is 5.43. The molecule has 0 radical (unpaired) electrons. The summed E-state index contributed by atoms with van der Waals surface area (Å²) >= 11 is 0. The highest BCUT2D eigenvalue weighted by molar-refractivity contribution is 5.47. The number of ether oxygens (including phenoxy) is 1. The zero-order valence-electron chi connectivity index (χ0n) is 12.1. The van der Waals surface area contributed by atoms with Crippen LogP contribution >= 0.6 is 0 Å². The Kier molecular flexibility index (Phi) is 5.16. The molecule has 2 heterocycles. The predicted octanol–water partition coefficient (Wildman–Crippen LogP) is 1.75. The second kappa shape index (κ2) is 6.87. The van der Waals surface area contributed by atoms with Crippen molar-refractivity contribution in [3.63, 3.8) is 0 Å². The molecule has 1 aliphatic rings. The summed E-state index contributed by atoms with van der Waals surface area (Å²) in [6.45, 7) is 5.82. The molecule has 0 amide bonds. The number of methoxy groups -OCH3 is 1. The third-order valence-electron chi connectivity index (χ3n) is 3.76. The van der Waals surface area contributed by atoms with E-state index in [0.29, 0.717) is 12.5 Å². The summed E-state index contributed by atoms with van der Waals surface area (Å²) in [5, 5.41) is 0. The number of nitrogens with two attached hydrogens (primary N) is 1. The zero-order chi connectivity index (χ0) is 13.7. The Morgan fingerprint density at radius 1 is 1.53 bits per heavy atom. The molecule has 4 heteroatoms. The van der Waals surface area contributed by atoms with E-state index in [-0.39, 0.29) is 0 Å². The Balaban J connectivity index is 2.08. The quantitative estimate of drug-likeness (QED) is 0.879. The van der Waals surface area contributed by atoms with Gasteiger partial charge >= 0.3 is 0 Å². The van der Waals surface area contributed by atoms with E-state index in [1.54, 1.807) is 7.11 Å². The van der Waals surface area contributed by atoms with Gasteiger partial charge in [-0.25, -0.2) is 4.98 Å². The lowest BCUT2D eigenvalue weighted by Crippen LogP contribution is -2.38. The lowest BCUT2D eigenvalue weighted by molar-refractivity contribution is 0.143. The number of hydrogen-bond acceptors (Lipinski definition) is 4. The fourth-order valence-corrected chi connectivity index (χ4v) is 2.89. The van der Waals surface area contributed by atoms with Crippen molar-refractivity contribution in [3.05, 3.63) is 23.4 Å². The van der Waals surface area contributed by atoms with Crippen LogP contribution in [0.5, 0.6) is 0 Å². The van der Waals surface area contributed by atoms with Crippen LogP contribution in [-0.4, -0.2) is 38.3 Å². The van der Waals surface area contributed by atoms with E-state index in [4.69, 9.17) is 10.5 Å². The van der Waals surface area contributed by atoms with Crippen LogP contribution in [0.4, 0.5) is 5.82 Å². The summed E-state index contributed by atoms with van der Waals surface area (Å²) < 4.78 is 5.29. The molecule has 1 unspecified atom stereocenters. The van der Waals surface area contributed by atoms with E-state index in [9.17, 15) is 0 Å². The lowest BCUT2D eigenvalue weighted by atomic mass is 9.98. The molecule has 0 aliphatic carbocycles. The highest BCUT2D eigenvalue weighted by Crippen LogP contribution is 2.24. The molecule has 0 saturated carbocycles. The van der Waals surface area contributed by atoms with E-state index in [1.165, 1.54) is 24.0 Å². The van der Waals surface area contributed by atoms with Gasteiger partial charge in [-0.05, 0) is 49.8 Å². The van der Waals surface area contributed by atoms with Crippen LogP contribution < -0.4 is 10.6 Å². The minimum absolute atomic E-state index is 0.628. The van der Waals surface area contributed by atoms with E-state index in [1.807, 2.05) is 6.20 Å². The molecule has 0 aromatic carbocycles. The Morgan fingerprint density at radius 3 is 3.05 bits per heavy atom. The Labute approximate surface area is 116 Å². The van der Waals surface area contributed by atoms with Gasteiger partial charge in [-0.3, -0.25) is 0 Å². The molecule has 2 N–H and O–H groups in total. The summed E-state index contributed by atoms with van der Waals surface area (Å²) in [5.41, 5.74) is 8.08. The maximum absolute atomic E-state index is 5.59. The highest BCUT2D eigenvalue weighted by Gasteiger charge is 2.21. The van der Waals surface area contributed by atoms with Crippen molar-refractivity contribution in [2.45, 2.75) is 26.2 Å². The van der Waals surface area contributed by atoms with E-state index >= 15 is 0 Å². The van der Waals surface area contributed by atoms with Crippen LogP contribution in [0.1, 0.15) is 24.0 Å². The standard InChI is InChI=1S/C15H25N3O/c1-12-8-13(5-6-16)9-17-15(12)18-7-3-4-14(10-18)11-19-2/h8-9,14H,3-7,10-11,16H2,1-2H3. The number of anilines is 1. The third kappa shape index (κ3) is 3.67. The van der Waals surface area contributed by atoms with Gasteiger partial charge in [0.05, 0.1) is 6.61 Å². The molecule has 19 heavy (non-hydrogen) atoms. The van der Waals surface area contributed by atoms with Crippen LogP contribution in [-0.2, 0) is 11.2 Å². The molecular formula is C15H25N3O. The Bertz CT molecular complexity index is 406. The van der Waals surface area contributed by atoms with E-state index < -0.39 is 0 Å².